The molecule has 0 spiro atoms. The van der Waals surface area contributed by atoms with E-state index in [1.165, 1.54) is 11.6 Å². The first-order valence-electron chi connectivity index (χ1n) is 16.3. The minimum Gasteiger partial charge on any atom is -0.407 e. The molecule has 3 aromatic rings. The Kier molecular flexibility index (Phi) is 8.02. The van der Waals surface area contributed by atoms with E-state index in [-0.39, 0.29) is 52.7 Å². The summed E-state index contributed by atoms with van der Waals surface area (Å²) >= 11 is 6.12. The smallest absolute Gasteiger partial charge is 0.273 e. The molecule has 0 saturated heterocycles. The molecule has 1 fully saturated rings. The summed E-state index contributed by atoms with van der Waals surface area (Å²) in [5.74, 6) is -0.262. The molecule has 3 atom stereocenters. The summed E-state index contributed by atoms with van der Waals surface area (Å²) < 4.78 is 8.78. The number of benzene rings is 2. The summed E-state index contributed by atoms with van der Waals surface area (Å²) in [5, 5.41) is 14.8. The molecule has 2 aliphatic heterocycles. The van der Waals surface area contributed by atoms with Crippen molar-refractivity contribution in [1.29, 1.82) is 5.26 Å². The Bertz CT molecular complexity index is 1750. The fourth-order valence-electron chi connectivity index (χ4n) is 6.65. The Labute approximate surface area is 278 Å². The Hall–Kier alpha value is -3.45. The molecule has 0 unspecified atom stereocenters. The molecule has 242 valence electrons. The number of carbonyl (C=O) groups excluding carboxylic acids is 2. The van der Waals surface area contributed by atoms with Crippen LogP contribution in [0.4, 0.5) is 0 Å². The van der Waals surface area contributed by atoms with Gasteiger partial charge in [-0.1, -0.05) is 56.6 Å². The number of fused-ring (bicyclic) bond motifs is 3. The van der Waals surface area contributed by atoms with E-state index >= 15 is 0 Å². The van der Waals surface area contributed by atoms with Crippen molar-refractivity contribution in [1.82, 2.24) is 19.6 Å². The molecular weight excluding hydrogens is 614 g/mol. The molecule has 1 saturated carbocycles. The monoisotopic (exact) mass is 657 g/mol. The van der Waals surface area contributed by atoms with Gasteiger partial charge in [0, 0.05) is 30.1 Å². The molecule has 3 heterocycles. The maximum absolute atomic E-state index is 14.2. The van der Waals surface area contributed by atoms with Crippen molar-refractivity contribution in [3.8, 4) is 6.07 Å². The number of nitriles is 1. The fraction of sp³-hybridized carbons (Fsp3) is 0.500. The molecule has 1 aliphatic carbocycles. The van der Waals surface area contributed by atoms with Gasteiger partial charge in [-0.25, -0.2) is 0 Å². The third-order valence-electron chi connectivity index (χ3n) is 10.7. The Morgan fingerprint density at radius 1 is 1.13 bits per heavy atom. The number of nitrogens with zero attached hydrogens (tertiary/aromatic N) is 5. The minimum absolute atomic E-state index is 0.0124. The molecule has 2 amide bonds. The Morgan fingerprint density at radius 2 is 1.80 bits per heavy atom. The second kappa shape index (κ2) is 11.4. The number of aromatic nitrogens is 2. The van der Waals surface area contributed by atoms with E-state index in [0.29, 0.717) is 29.2 Å². The number of rotatable bonds is 6. The lowest BCUT2D eigenvalue weighted by Crippen LogP contribution is -2.45. The van der Waals surface area contributed by atoms with Crippen molar-refractivity contribution in [2.75, 3.05) is 6.54 Å². The van der Waals surface area contributed by atoms with E-state index < -0.39 is 8.32 Å². The number of carbonyl (C=O) groups is 2. The van der Waals surface area contributed by atoms with Crippen molar-refractivity contribution < 1.29 is 14.0 Å². The molecule has 0 bridgehead atoms. The van der Waals surface area contributed by atoms with Gasteiger partial charge in [-0.15, -0.1) is 0 Å². The molecular formula is C36H44ClN5O3Si. The second-order valence-corrected chi connectivity index (χ2v) is 20.1. The summed E-state index contributed by atoms with van der Waals surface area (Å²) in [6.45, 7) is 18.5. The van der Waals surface area contributed by atoms with Gasteiger partial charge in [0.2, 0.25) is 0 Å². The minimum atomic E-state index is -1.93. The van der Waals surface area contributed by atoms with Gasteiger partial charge in [0.25, 0.3) is 11.8 Å². The van der Waals surface area contributed by atoms with Crippen LogP contribution in [0, 0.1) is 11.3 Å². The zero-order valence-electron chi connectivity index (χ0n) is 28.1. The van der Waals surface area contributed by atoms with Gasteiger partial charge < -0.3 is 14.2 Å². The van der Waals surface area contributed by atoms with Crippen LogP contribution in [0.5, 0.6) is 0 Å². The third kappa shape index (κ3) is 5.48. The summed E-state index contributed by atoms with van der Waals surface area (Å²) in [6.07, 6.45) is 2.64. The average molecular weight is 658 g/mol. The molecule has 10 heteroatoms. The van der Waals surface area contributed by atoms with Gasteiger partial charge in [-0.3, -0.25) is 14.3 Å². The fourth-order valence-corrected chi connectivity index (χ4v) is 8.42. The zero-order valence-corrected chi connectivity index (χ0v) is 29.9. The highest BCUT2D eigenvalue weighted by Crippen LogP contribution is 2.54. The van der Waals surface area contributed by atoms with E-state index in [0.717, 1.165) is 29.7 Å². The van der Waals surface area contributed by atoms with E-state index in [4.69, 9.17) is 21.1 Å². The highest BCUT2D eigenvalue weighted by atomic mass is 35.5. The summed E-state index contributed by atoms with van der Waals surface area (Å²) in [4.78, 5) is 31.6. The van der Waals surface area contributed by atoms with E-state index in [1.807, 2.05) is 16.5 Å². The van der Waals surface area contributed by atoms with E-state index in [1.54, 1.807) is 17.0 Å². The predicted molar refractivity (Wildman–Crippen MR) is 181 cm³/mol. The zero-order chi connectivity index (χ0) is 33.3. The Morgan fingerprint density at radius 3 is 2.41 bits per heavy atom. The van der Waals surface area contributed by atoms with Crippen LogP contribution in [0.25, 0.3) is 0 Å². The summed E-state index contributed by atoms with van der Waals surface area (Å²) in [7, 11) is -1.93. The first-order chi connectivity index (χ1) is 21.6. The van der Waals surface area contributed by atoms with Crippen LogP contribution in [-0.2, 0) is 23.0 Å². The first kappa shape index (κ1) is 32.5. The highest BCUT2D eigenvalue weighted by molar-refractivity contribution is 6.74. The van der Waals surface area contributed by atoms with Gasteiger partial charge in [0.15, 0.2) is 8.32 Å². The van der Waals surface area contributed by atoms with Crippen LogP contribution in [0.15, 0.2) is 42.5 Å². The standard InChI is InChI=1S/C36H44ClN5O3Si/c1-22-17-31-29(21-40(22)33(43)26-11-14-30(37)27(18-26)19-38)32-34(44)41(20-23(2)42(32)39-31)24(3)25-9-12-28(13-10-25)36(15-16-36)45-46(7,8)35(4,5)6/h9-14,18,22-24H,15-17,20-21H2,1-8H3/t22-,23-,24+/m1/s1. The number of hydrogen-bond acceptors (Lipinski definition) is 5. The highest BCUT2D eigenvalue weighted by Gasteiger charge is 2.52. The van der Waals surface area contributed by atoms with Crippen LogP contribution in [0.2, 0.25) is 23.2 Å². The van der Waals surface area contributed by atoms with Crippen LogP contribution in [0.1, 0.15) is 115 Å². The maximum atomic E-state index is 14.2. The van der Waals surface area contributed by atoms with Crippen LogP contribution >= 0.6 is 11.6 Å². The van der Waals surface area contributed by atoms with E-state index in [9.17, 15) is 14.9 Å². The second-order valence-electron chi connectivity index (χ2n) is 15.0. The molecule has 8 nitrogen and oxygen atoms in total. The lowest BCUT2D eigenvalue weighted by atomic mass is 9.96. The molecule has 1 aromatic heterocycles. The SMILES string of the molecule is C[C@@H]1Cc2nn3c(c2CN1C(=O)c1ccc(Cl)c(C#N)c1)C(=O)N([C@@H](C)c1ccc(C2(O[Si](C)(C)C(C)(C)C)CC2)cc1)C[C@H]3C. The number of halogens is 1. The van der Waals surface area contributed by atoms with Gasteiger partial charge in [-0.2, -0.15) is 10.4 Å². The maximum Gasteiger partial charge on any atom is 0.273 e. The van der Waals surface area contributed by atoms with Gasteiger partial charge in [0.1, 0.15) is 11.8 Å². The molecule has 46 heavy (non-hydrogen) atoms. The van der Waals surface area contributed by atoms with E-state index in [2.05, 4.69) is 78.0 Å². The van der Waals surface area contributed by atoms with Crippen molar-refractivity contribution >= 4 is 31.7 Å². The van der Waals surface area contributed by atoms with Crippen molar-refractivity contribution in [3.63, 3.8) is 0 Å². The molecule has 0 N–H and O–H groups in total. The quantitative estimate of drug-likeness (QED) is 0.253. The van der Waals surface area contributed by atoms with Gasteiger partial charge in [0.05, 0.1) is 40.5 Å². The first-order valence-corrected chi connectivity index (χ1v) is 19.6. The number of hydrogen-bond donors (Lipinski definition) is 0. The average Bonchev–Trinajstić information content (AvgIpc) is 3.68. The topological polar surface area (TPSA) is 91.5 Å². The summed E-state index contributed by atoms with van der Waals surface area (Å²) in [5.41, 5.74) is 5.02. The number of amides is 2. The molecule has 0 radical (unpaired) electrons. The van der Waals surface area contributed by atoms with Crippen LogP contribution in [0.3, 0.4) is 0 Å². The lowest BCUT2D eigenvalue weighted by molar-refractivity contribution is 0.0574. The lowest BCUT2D eigenvalue weighted by Gasteiger charge is -2.40. The molecule has 3 aliphatic rings. The van der Waals surface area contributed by atoms with Gasteiger partial charge in [-0.05, 0) is 81.1 Å². The summed E-state index contributed by atoms with van der Waals surface area (Å²) in [6, 6.07) is 15.2. The largest absolute Gasteiger partial charge is 0.407 e. The molecule has 6 rings (SSSR count). The van der Waals surface area contributed by atoms with Crippen molar-refractivity contribution in [3.05, 3.63) is 86.7 Å². The third-order valence-corrected chi connectivity index (χ3v) is 15.6. The normalized spacial score (nSPS) is 21.3. The van der Waals surface area contributed by atoms with Crippen molar-refractivity contribution in [2.24, 2.45) is 0 Å². The van der Waals surface area contributed by atoms with Gasteiger partial charge >= 0.3 is 0 Å². The predicted octanol–water partition coefficient (Wildman–Crippen LogP) is 7.78. The van der Waals surface area contributed by atoms with Crippen LogP contribution < -0.4 is 0 Å². The van der Waals surface area contributed by atoms with Crippen LogP contribution in [-0.4, -0.2) is 52.3 Å². The Balaban J connectivity index is 1.24. The van der Waals surface area contributed by atoms with Crippen molar-refractivity contribution in [2.45, 2.75) is 109 Å². The molecule has 2 aromatic carbocycles.